The number of primary amides is 1. The Morgan fingerprint density at radius 1 is 1.17 bits per heavy atom. The van der Waals surface area contributed by atoms with E-state index in [1.54, 1.807) is 30.3 Å². The smallest absolute Gasteiger partial charge is 0.258 e. The summed E-state index contributed by atoms with van der Waals surface area (Å²) >= 11 is 5.86. The van der Waals surface area contributed by atoms with Crippen LogP contribution in [0.25, 0.3) is 5.57 Å². The summed E-state index contributed by atoms with van der Waals surface area (Å²) in [6.07, 6.45) is 0. The van der Waals surface area contributed by atoms with Gasteiger partial charge in [-0.25, -0.2) is 0 Å². The van der Waals surface area contributed by atoms with E-state index >= 15 is 0 Å². The zero-order valence-corrected chi connectivity index (χ0v) is 13.1. The predicted octanol–water partition coefficient (Wildman–Crippen LogP) is 3.23. The largest absolute Gasteiger partial charge is 0.366 e. The molecular formula is C17H14ClN3O2. The Bertz CT molecular complexity index is 841. The molecule has 0 bridgehead atoms. The summed E-state index contributed by atoms with van der Waals surface area (Å²) in [4.78, 5) is 23.5. The summed E-state index contributed by atoms with van der Waals surface area (Å²) in [6.45, 7) is 1.82. The third kappa shape index (κ3) is 2.91. The molecule has 2 aromatic rings. The van der Waals surface area contributed by atoms with E-state index in [9.17, 15) is 9.59 Å². The van der Waals surface area contributed by atoms with Crippen molar-refractivity contribution in [2.45, 2.75) is 6.92 Å². The number of rotatable bonds is 3. The van der Waals surface area contributed by atoms with Gasteiger partial charge in [0.15, 0.2) is 0 Å². The number of hydrogen-bond acceptors (Lipinski definition) is 3. The Kier molecular flexibility index (Phi) is 3.80. The molecule has 116 valence electrons. The second-order valence-corrected chi connectivity index (χ2v) is 5.65. The molecular weight excluding hydrogens is 314 g/mol. The van der Waals surface area contributed by atoms with Crippen molar-refractivity contribution in [3.8, 4) is 0 Å². The maximum absolute atomic E-state index is 12.3. The normalized spacial score (nSPS) is 15.0. The van der Waals surface area contributed by atoms with Gasteiger partial charge in [-0.2, -0.15) is 0 Å². The topological polar surface area (TPSA) is 84.2 Å². The van der Waals surface area contributed by atoms with Crippen LogP contribution in [0.1, 0.15) is 22.8 Å². The van der Waals surface area contributed by atoms with E-state index in [-0.39, 0.29) is 5.91 Å². The first-order valence-corrected chi connectivity index (χ1v) is 7.32. The summed E-state index contributed by atoms with van der Waals surface area (Å²) in [6, 6.07) is 12.1. The van der Waals surface area contributed by atoms with Gasteiger partial charge in [0.1, 0.15) is 0 Å². The minimum absolute atomic E-state index is 0.222. The average molecular weight is 328 g/mol. The first kappa shape index (κ1) is 15.1. The van der Waals surface area contributed by atoms with Crippen LogP contribution in [0, 0.1) is 0 Å². The fourth-order valence-electron chi connectivity index (χ4n) is 2.51. The highest BCUT2D eigenvalue weighted by molar-refractivity contribution is 6.32. The van der Waals surface area contributed by atoms with Crippen LogP contribution in [-0.2, 0) is 4.79 Å². The lowest BCUT2D eigenvalue weighted by atomic mass is 10.0. The summed E-state index contributed by atoms with van der Waals surface area (Å²) in [5, 5.41) is 6.58. The number of carbonyl (C=O) groups is 2. The van der Waals surface area contributed by atoms with Gasteiger partial charge in [0, 0.05) is 33.2 Å². The lowest BCUT2D eigenvalue weighted by molar-refractivity contribution is -0.110. The van der Waals surface area contributed by atoms with Gasteiger partial charge in [-0.3, -0.25) is 9.59 Å². The molecule has 2 amide bonds. The number of fused-ring (bicyclic) bond motifs is 1. The first-order valence-electron chi connectivity index (χ1n) is 6.95. The van der Waals surface area contributed by atoms with Crippen molar-refractivity contribution in [1.29, 1.82) is 0 Å². The third-order valence-electron chi connectivity index (χ3n) is 3.60. The molecule has 1 heterocycles. The fraction of sp³-hybridized carbons (Fsp3) is 0.0588. The molecule has 5 nitrogen and oxygen atoms in total. The minimum atomic E-state index is -0.532. The molecule has 2 aromatic carbocycles. The monoisotopic (exact) mass is 327 g/mol. The molecule has 0 spiro atoms. The summed E-state index contributed by atoms with van der Waals surface area (Å²) in [5.74, 6) is -0.754. The maximum atomic E-state index is 12.3. The summed E-state index contributed by atoms with van der Waals surface area (Å²) < 4.78 is 0. The molecule has 4 N–H and O–H groups in total. The van der Waals surface area contributed by atoms with Crippen molar-refractivity contribution in [3.63, 3.8) is 0 Å². The Labute approximate surface area is 138 Å². The standard InChI is InChI=1S/C17H14ClN3O2/c1-9(20-12-5-3-11(18)4-6-12)15-13-7-2-10(16(19)22)8-14(13)21-17(15)23/h2-8,20H,1H3,(H2,19,22)(H,21,23)/b15-9-. The number of nitrogens with two attached hydrogens (primary N) is 1. The highest BCUT2D eigenvalue weighted by Gasteiger charge is 2.27. The molecule has 0 atom stereocenters. The number of hydrogen-bond donors (Lipinski definition) is 3. The molecule has 1 aliphatic rings. The van der Waals surface area contributed by atoms with E-state index in [1.807, 2.05) is 19.1 Å². The van der Waals surface area contributed by atoms with E-state index < -0.39 is 5.91 Å². The van der Waals surface area contributed by atoms with Gasteiger partial charge in [-0.05, 0) is 43.3 Å². The van der Waals surface area contributed by atoms with E-state index in [2.05, 4.69) is 10.6 Å². The van der Waals surface area contributed by atoms with Crippen LogP contribution in [0.2, 0.25) is 5.02 Å². The van der Waals surface area contributed by atoms with Crippen LogP contribution in [0.4, 0.5) is 11.4 Å². The number of anilines is 2. The van der Waals surface area contributed by atoms with Crippen LogP contribution in [0.5, 0.6) is 0 Å². The Hall–Kier alpha value is -2.79. The molecule has 23 heavy (non-hydrogen) atoms. The average Bonchev–Trinajstić information content (AvgIpc) is 2.84. The van der Waals surface area contributed by atoms with Crippen molar-refractivity contribution < 1.29 is 9.59 Å². The van der Waals surface area contributed by atoms with Crippen molar-refractivity contribution in [2.75, 3.05) is 10.6 Å². The lowest BCUT2D eigenvalue weighted by Crippen LogP contribution is -2.11. The van der Waals surface area contributed by atoms with Crippen molar-refractivity contribution >= 4 is 40.4 Å². The molecule has 3 rings (SSSR count). The van der Waals surface area contributed by atoms with Gasteiger partial charge in [-0.15, -0.1) is 0 Å². The van der Waals surface area contributed by atoms with E-state index in [0.29, 0.717) is 27.5 Å². The van der Waals surface area contributed by atoms with Gasteiger partial charge < -0.3 is 16.4 Å². The molecule has 0 aliphatic carbocycles. The number of benzene rings is 2. The molecule has 6 heteroatoms. The third-order valence-corrected chi connectivity index (χ3v) is 3.85. The van der Waals surface area contributed by atoms with Gasteiger partial charge in [0.25, 0.3) is 5.91 Å². The number of nitrogens with one attached hydrogen (secondary N) is 2. The highest BCUT2D eigenvalue weighted by atomic mass is 35.5. The summed E-state index contributed by atoms with van der Waals surface area (Å²) in [7, 11) is 0. The van der Waals surface area contributed by atoms with Gasteiger partial charge in [0.05, 0.1) is 5.57 Å². The van der Waals surface area contributed by atoms with E-state index in [0.717, 1.165) is 11.3 Å². The zero-order valence-electron chi connectivity index (χ0n) is 12.3. The molecule has 0 saturated carbocycles. The van der Waals surface area contributed by atoms with Gasteiger partial charge >= 0.3 is 0 Å². The quantitative estimate of drug-likeness (QED) is 0.757. The number of amides is 2. The number of allylic oxidation sites excluding steroid dienone is 1. The van der Waals surface area contributed by atoms with Crippen molar-refractivity contribution in [1.82, 2.24) is 0 Å². The first-order chi connectivity index (χ1) is 11.0. The van der Waals surface area contributed by atoms with Crippen molar-refractivity contribution in [3.05, 3.63) is 64.3 Å². The van der Waals surface area contributed by atoms with Crippen LogP contribution in [0.15, 0.2) is 48.2 Å². The highest BCUT2D eigenvalue weighted by Crippen LogP contribution is 2.34. The molecule has 0 radical (unpaired) electrons. The molecule has 0 fully saturated rings. The van der Waals surface area contributed by atoms with Crippen LogP contribution >= 0.6 is 11.6 Å². The predicted molar refractivity (Wildman–Crippen MR) is 91.3 cm³/mol. The van der Waals surface area contributed by atoms with E-state index in [4.69, 9.17) is 17.3 Å². The van der Waals surface area contributed by atoms with Crippen LogP contribution in [0.3, 0.4) is 0 Å². The molecule has 1 aliphatic heterocycles. The zero-order chi connectivity index (χ0) is 16.6. The van der Waals surface area contributed by atoms with Gasteiger partial charge in [-0.1, -0.05) is 17.7 Å². The van der Waals surface area contributed by atoms with Crippen LogP contribution < -0.4 is 16.4 Å². The van der Waals surface area contributed by atoms with Crippen molar-refractivity contribution in [2.24, 2.45) is 5.73 Å². The molecule has 0 unspecified atom stereocenters. The minimum Gasteiger partial charge on any atom is -0.366 e. The maximum Gasteiger partial charge on any atom is 0.258 e. The molecule has 0 saturated heterocycles. The Balaban J connectivity index is 1.98. The fourth-order valence-corrected chi connectivity index (χ4v) is 2.64. The Morgan fingerprint density at radius 3 is 2.52 bits per heavy atom. The Morgan fingerprint density at radius 2 is 1.87 bits per heavy atom. The van der Waals surface area contributed by atoms with Crippen LogP contribution in [-0.4, -0.2) is 11.8 Å². The molecule has 0 aromatic heterocycles. The second kappa shape index (κ2) is 5.78. The lowest BCUT2D eigenvalue weighted by Gasteiger charge is -2.09. The number of halogens is 1. The summed E-state index contributed by atoms with van der Waals surface area (Å²) in [5.41, 5.74) is 9.00. The number of carbonyl (C=O) groups excluding carboxylic acids is 2. The second-order valence-electron chi connectivity index (χ2n) is 5.21. The SMILES string of the molecule is C/C(Nc1ccc(Cl)cc1)=C1/C(=O)Nc2cc(C(N)=O)ccc21. The van der Waals surface area contributed by atoms with Gasteiger partial charge in [0.2, 0.25) is 5.91 Å². The van der Waals surface area contributed by atoms with E-state index in [1.165, 1.54) is 0 Å².